The number of anilines is 2. The molecule has 1 fully saturated rings. The fourth-order valence-electron chi connectivity index (χ4n) is 3.01. The van der Waals surface area contributed by atoms with Gasteiger partial charge in [-0.2, -0.15) is 0 Å². The Hall–Kier alpha value is -2.07. The van der Waals surface area contributed by atoms with Crippen LogP contribution in [-0.2, 0) is 14.4 Å². The average molecular weight is 524 g/mol. The first kappa shape index (κ1) is 21.6. The van der Waals surface area contributed by atoms with Crippen molar-refractivity contribution in [3.63, 3.8) is 0 Å². The highest BCUT2D eigenvalue weighted by atomic mass is 127. The maximum absolute atomic E-state index is 12.7. The monoisotopic (exact) mass is 524 g/mol. The summed E-state index contributed by atoms with van der Waals surface area (Å²) in [6, 6.07) is 12.6. The molecule has 29 heavy (non-hydrogen) atoms. The third-order valence-electron chi connectivity index (χ3n) is 4.55. The Labute approximate surface area is 187 Å². The molecule has 3 amide bonds. The van der Waals surface area contributed by atoms with Crippen LogP contribution in [0.25, 0.3) is 0 Å². The molecular formula is C21H21IN2O4S. The molecule has 0 bridgehead atoms. The van der Waals surface area contributed by atoms with Gasteiger partial charge in [0.05, 0.1) is 18.0 Å². The standard InChI is InChI=1S/C21H21IN2O4S/c1-13-11-14(22)3-8-17(13)23-19(25)9-10-29-18-12-20(26)24(21(18)27)15-4-6-16(28-2)7-5-15/h3-8,11,18H,9-10,12H2,1-2H3,(H,23,25)/t18-/m1/s1. The Kier molecular flexibility index (Phi) is 7.18. The number of rotatable bonds is 7. The van der Waals surface area contributed by atoms with E-state index in [1.165, 1.54) is 16.7 Å². The van der Waals surface area contributed by atoms with Crippen LogP contribution in [0.5, 0.6) is 5.75 Å². The lowest BCUT2D eigenvalue weighted by molar-refractivity contribution is -0.121. The van der Waals surface area contributed by atoms with Gasteiger partial charge in [-0.3, -0.25) is 14.4 Å². The van der Waals surface area contributed by atoms with Crippen LogP contribution in [0.2, 0.25) is 0 Å². The van der Waals surface area contributed by atoms with E-state index in [0.29, 0.717) is 17.2 Å². The van der Waals surface area contributed by atoms with E-state index in [0.717, 1.165) is 14.8 Å². The summed E-state index contributed by atoms with van der Waals surface area (Å²) < 4.78 is 6.22. The fraction of sp³-hybridized carbons (Fsp3) is 0.286. The number of amides is 3. The lowest BCUT2D eigenvalue weighted by Gasteiger charge is -2.15. The number of ether oxygens (including phenoxy) is 1. The van der Waals surface area contributed by atoms with Gasteiger partial charge in [-0.1, -0.05) is 0 Å². The number of nitrogens with zero attached hydrogens (tertiary/aromatic N) is 1. The first-order valence-electron chi connectivity index (χ1n) is 9.07. The molecule has 0 aliphatic carbocycles. The van der Waals surface area contributed by atoms with Gasteiger partial charge in [0.25, 0.3) is 0 Å². The fourth-order valence-corrected chi connectivity index (χ4v) is 4.75. The highest BCUT2D eigenvalue weighted by Crippen LogP contribution is 2.31. The first-order chi connectivity index (χ1) is 13.9. The number of carbonyl (C=O) groups is 3. The largest absolute Gasteiger partial charge is 0.497 e. The summed E-state index contributed by atoms with van der Waals surface area (Å²) in [4.78, 5) is 38.4. The summed E-state index contributed by atoms with van der Waals surface area (Å²) in [5.41, 5.74) is 2.33. The van der Waals surface area contributed by atoms with Crippen LogP contribution in [0.15, 0.2) is 42.5 Å². The minimum absolute atomic E-state index is 0.106. The van der Waals surface area contributed by atoms with Crippen molar-refractivity contribution in [2.45, 2.75) is 25.0 Å². The molecule has 1 N–H and O–H groups in total. The summed E-state index contributed by atoms with van der Waals surface area (Å²) in [7, 11) is 1.56. The first-order valence-corrected chi connectivity index (χ1v) is 11.2. The normalized spacial score (nSPS) is 16.2. The predicted molar refractivity (Wildman–Crippen MR) is 123 cm³/mol. The summed E-state index contributed by atoms with van der Waals surface area (Å²) >= 11 is 3.58. The summed E-state index contributed by atoms with van der Waals surface area (Å²) in [6.45, 7) is 1.95. The lowest BCUT2D eigenvalue weighted by Crippen LogP contribution is -2.31. The predicted octanol–water partition coefficient (Wildman–Crippen LogP) is 4.00. The smallest absolute Gasteiger partial charge is 0.247 e. The Morgan fingerprint density at radius 3 is 2.62 bits per heavy atom. The summed E-state index contributed by atoms with van der Waals surface area (Å²) in [5, 5.41) is 2.44. The second-order valence-electron chi connectivity index (χ2n) is 6.59. The van der Waals surface area contributed by atoms with Gasteiger partial charge >= 0.3 is 0 Å². The maximum atomic E-state index is 12.7. The molecular weight excluding hydrogens is 503 g/mol. The van der Waals surface area contributed by atoms with Crippen LogP contribution >= 0.6 is 34.4 Å². The van der Waals surface area contributed by atoms with Gasteiger partial charge in [-0.15, -0.1) is 11.8 Å². The number of methoxy groups -OCH3 is 1. The van der Waals surface area contributed by atoms with Gasteiger partial charge < -0.3 is 10.1 Å². The van der Waals surface area contributed by atoms with Crippen LogP contribution in [0.4, 0.5) is 11.4 Å². The molecule has 0 spiro atoms. The molecule has 0 aromatic heterocycles. The number of thioether (sulfide) groups is 1. The third kappa shape index (κ3) is 5.30. The molecule has 1 saturated heterocycles. The van der Waals surface area contributed by atoms with Gasteiger partial charge in [0.2, 0.25) is 17.7 Å². The Bertz CT molecular complexity index is 933. The number of halogens is 1. The highest BCUT2D eigenvalue weighted by molar-refractivity contribution is 14.1. The van der Waals surface area contributed by atoms with Gasteiger partial charge in [-0.25, -0.2) is 4.90 Å². The number of hydrogen-bond donors (Lipinski definition) is 1. The van der Waals surface area contributed by atoms with E-state index >= 15 is 0 Å². The average Bonchev–Trinajstić information content (AvgIpc) is 2.97. The molecule has 0 saturated carbocycles. The number of imide groups is 1. The van der Waals surface area contributed by atoms with Gasteiger partial charge in [0.15, 0.2) is 0 Å². The van der Waals surface area contributed by atoms with Crippen LogP contribution in [0.3, 0.4) is 0 Å². The zero-order valence-corrected chi connectivity index (χ0v) is 19.1. The van der Waals surface area contributed by atoms with Gasteiger partial charge in [0, 0.05) is 27.9 Å². The van der Waals surface area contributed by atoms with Crippen LogP contribution in [0, 0.1) is 10.5 Å². The SMILES string of the molecule is COc1ccc(N2C(=O)C[C@@H](SCCC(=O)Nc3ccc(I)cc3C)C2=O)cc1. The zero-order chi connectivity index (χ0) is 21.0. The Morgan fingerprint density at radius 1 is 1.24 bits per heavy atom. The minimum Gasteiger partial charge on any atom is -0.497 e. The topological polar surface area (TPSA) is 75.7 Å². The second-order valence-corrected chi connectivity index (χ2v) is 9.14. The Balaban J connectivity index is 1.52. The minimum atomic E-state index is -0.461. The number of carbonyl (C=O) groups excluding carboxylic acids is 3. The second kappa shape index (κ2) is 9.62. The molecule has 152 valence electrons. The van der Waals surface area contributed by atoms with E-state index in [4.69, 9.17) is 4.74 Å². The van der Waals surface area contributed by atoms with E-state index in [1.54, 1.807) is 31.4 Å². The summed E-state index contributed by atoms with van der Waals surface area (Å²) in [5.74, 6) is 0.560. The molecule has 0 radical (unpaired) electrons. The maximum Gasteiger partial charge on any atom is 0.247 e. The molecule has 0 unspecified atom stereocenters. The van der Waals surface area contributed by atoms with E-state index in [2.05, 4.69) is 27.9 Å². The van der Waals surface area contributed by atoms with Crippen molar-refractivity contribution in [1.29, 1.82) is 0 Å². The number of benzene rings is 2. The molecule has 6 nitrogen and oxygen atoms in total. The van der Waals surface area contributed by atoms with Crippen molar-refractivity contribution in [2.75, 3.05) is 23.1 Å². The zero-order valence-electron chi connectivity index (χ0n) is 16.1. The molecule has 1 atom stereocenters. The van der Waals surface area contributed by atoms with E-state index in [1.807, 2.05) is 25.1 Å². The third-order valence-corrected chi connectivity index (χ3v) is 6.43. The van der Waals surface area contributed by atoms with Gasteiger partial charge in [-0.05, 0) is 77.5 Å². The van der Waals surface area contributed by atoms with Crippen molar-refractivity contribution in [3.05, 3.63) is 51.6 Å². The molecule has 8 heteroatoms. The Morgan fingerprint density at radius 2 is 1.97 bits per heavy atom. The van der Waals surface area contributed by atoms with E-state index in [-0.39, 0.29) is 30.6 Å². The lowest BCUT2D eigenvalue weighted by atomic mass is 10.2. The number of aryl methyl sites for hydroxylation is 1. The quantitative estimate of drug-likeness (QED) is 0.438. The van der Waals surface area contributed by atoms with Crippen molar-refractivity contribution in [2.24, 2.45) is 0 Å². The van der Waals surface area contributed by atoms with Crippen LogP contribution in [-0.4, -0.2) is 35.8 Å². The molecule has 1 heterocycles. The highest BCUT2D eigenvalue weighted by Gasteiger charge is 2.39. The molecule has 2 aromatic rings. The van der Waals surface area contributed by atoms with E-state index < -0.39 is 5.25 Å². The van der Waals surface area contributed by atoms with Gasteiger partial charge in [0.1, 0.15) is 5.75 Å². The molecule has 3 rings (SSSR count). The number of hydrogen-bond acceptors (Lipinski definition) is 5. The van der Waals surface area contributed by atoms with Crippen molar-refractivity contribution in [1.82, 2.24) is 0 Å². The number of nitrogens with one attached hydrogen (secondary N) is 1. The van der Waals surface area contributed by atoms with Crippen LogP contribution in [0.1, 0.15) is 18.4 Å². The molecule has 1 aliphatic rings. The van der Waals surface area contributed by atoms with Crippen LogP contribution < -0.4 is 15.0 Å². The van der Waals surface area contributed by atoms with Crippen molar-refractivity contribution in [3.8, 4) is 5.75 Å². The van der Waals surface area contributed by atoms with Crippen molar-refractivity contribution >= 4 is 63.4 Å². The molecule has 2 aromatic carbocycles. The van der Waals surface area contributed by atoms with Crippen molar-refractivity contribution < 1.29 is 19.1 Å². The summed E-state index contributed by atoms with van der Waals surface area (Å²) in [6.07, 6.45) is 0.421. The van der Waals surface area contributed by atoms with E-state index in [9.17, 15) is 14.4 Å². The molecule has 1 aliphatic heterocycles.